The average molecular weight is 381 g/mol. The van der Waals surface area contributed by atoms with Crippen LogP contribution >= 0.6 is 38.6 Å². The molecule has 4 heteroatoms. The molecule has 5 rings (SSSR count). The van der Waals surface area contributed by atoms with Gasteiger partial charge in [-0.15, -0.1) is 22.7 Å². The first kappa shape index (κ1) is 13.1. The molecule has 0 aliphatic carbocycles. The van der Waals surface area contributed by atoms with Gasteiger partial charge in [-0.2, -0.15) is 0 Å². The molecule has 0 saturated carbocycles. The summed E-state index contributed by atoms with van der Waals surface area (Å²) in [4.78, 5) is 0. The maximum absolute atomic E-state index is 3.62. The van der Waals surface area contributed by atoms with Crippen LogP contribution in [0.25, 0.3) is 40.3 Å². The smallest absolute Gasteiger partial charge is 0.135 e. The van der Waals surface area contributed by atoms with E-state index in [2.05, 4.69) is 72.3 Å². The summed E-state index contributed by atoms with van der Waals surface area (Å²) in [5, 5.41) is 5.55. The molecule has 0 radical (unpaired) electrons. The lowest BCUT2D eigenvalue weighted by molar-refractivity contribution is 1.78. The zero-order valence-corrected chi connectivity index (χ0v) is 15.0. The summed E-state index contributed by atoms with van der Waals surface area (Å²) < 4.78 is 6.68. The molecule has 0 spiro atoms. The molecular formula is C18H10BBrS2. The molecule has 5 aromatic rings. The van der Waals surface area contributed by atoms with Gasteiger partial charge >= 0.3 is 0 Å². The fraction of sp³-hybridized carbons (Fsp3) is 0. The van der Waals surface area contributed by atoms with Gasteiger partial charge in [0.25, 0.3) is 0 Å². The van der Waals surface area contributed by atoms with Gasteiger partial charge in [0.15, 0.2) is 0 Å². The first-order valence-electron chi connectivity index (χ1n) is 7.14. The van der Waals surface area contributed by atoms with E-state index >= 15 is 0 Å². The molecule has 0 saturated heterocycles. The van der Waals surface area contributed by atoms with E-state index in [0.717, 1.165) is 4.47 Å². The first-order valence-corrected chi connectivity index (χ1v) is 9.57. The van der Waals surface area contributed by atoms with Crippen LogP contribution in [-0.4, -0.2) is 7.85 Å². The van der Waals surface area contributed by atoms with E-state index in [1.54, 1.807) is 0 Å². The van der Waals surface area contributed by atoms with Crippen molar-refractivity contribution < 1.29 is 0 Å². The Labute approximate surface area is 144 Å². The van der Waals surface area contributed by atoms with Crippen LogP contribution in [0, 0.1) is 0 Å². The normalized spacial score (nSPS) is 12.0. The molecule has 104 valence electrons. The molecule has 0 N–H and O–H groups in total. The molecule has 0 atom stereocenters. The van der Waals surface area contributed by atoms with Gasteiger partial charge in [0, 0.05) is 39.4 Å². The van der Waals surface area contributed by atoms with Crippen molar-refractivity contribution in [1.82, 2.24) is 0 Å². The Morgan fingerprint density at radius 1 is 0.727 bits per heavy atom. The third kappa shape index (κ3) is 1.75. The van der Waals surface area contributed by atoms with Gasteiger partial charge in [0.05, 0.1) is 0 Å². The number of rotatable bonds is 0. The maximum Gasteiger partial charge on any atom is 0.139 e. The Morgan fingerprint density at radius 3 is 2.41 bits per heavy atom. The molecule has 3 aromatic carbocycles. The van der Waals surface area contributed by atoms with Crippen LogP contribution in [0.2, 0.25) is 0 Å². The van der Waals surface area contributed by atoms with E-state index in [1.807, 2.05) is 22.7 Å². The molecule has 0 aliphatic rings. The molecule has 0 bridgehead atoms. The van der Waals surface area contributed by atoms with Gasteiger partial charge in [-0.05, 0) is 35.7 Å². The summed E-state index contributed by atoms with van der Waals surface area (Å²) >= 11 is 7.42. The monoisotopic (exact) mass is 380 g/mol. The van der Waals surface area contributed by atoms with E-state index < -0.39 is 0 Å². The highest BCUT2D eigenvalue weighted by molar-refractivity contribution is 9.10. The van der Waals surface area contributed by atoms with Crippen molar-refractivity contribution in [2.45, 2.75) is 0 Å². The summed E-state index contributed by atoms with van der Waals surface area (Å²) in [6.45, 7) is 0. The molecule has 2 heterocycles. The van der Waals surface area contributed by atoms with Crippen LogP contribution in [0.5, 0.6) is 0 Å². The third-order valence-electron chi connectivity index (χ3n) is 4.19. The Hall–Kier alpha value is -1.36. The Morgan fingerprint density at radius 2 is 1.50 bits per heavy atom. The van der Waals surface area contributed by atoms with Gasteiger partial charge < -0.3 is 0 Å². The summed E-state index contributed by atoms with van der Waals surface area (Å²) in [7, 11) is 2.17. The van der Waals surface area contributed by atoms with Crippen LogP contribution in [0.15, 0.2) is 53.0 Å². The molecule has 0 amide bonds. The summed E-state index contributed by atoms with van der Waals surface area (Å²) in [6, 6.07) is 17.9. The number of hydrogen-bond acceptors (Lipinski definition) is 2. The number of halogens is 1. The summed E-state index contributed by atoms with van der Waals surface area (Å²) in [6.07, 6.45) is 0. The van der Waals surface area contributed by atoms with Crippen molar-refractivity contribution in [2.75, 3.05) is 0 Å². The topological polar surface area (TPSA) is 0 Å². The highest BCUT2D eigenvalue weighted by Crippen LogP contribution is 2.44. The molecule has 22 heavy (non-hydrogen) atoms. The van der Waals surface area contributed by atoms with Crippen molar-refractivity contribution in [3.63, 3.8) is 0 Å². The molecule has 0 aliphatic heterocycles. The number of fused-ring (bicyclic) bond motifs is 7. The van der Waals surface area contributed by atoms with Crippen molar-refractivity contribution in [3.8, 4) is 0 Å². The number of thiophene rings is 2. The highest BCUT2D eigenvalue weighted by atomic mass is 79.9. The van der Waals surface area contributed by atoms with Crippen LogP contribution in [0.1, 0.15) is 0 Å². The van der Waals surface area contributed by atoms with Crippen molar-refractivity contribution in [3.05, 3.63) is 53.0 Å². The van der Waals surface area contributed by atoms with E-state index in [0.29, 0.717) is 0 Å². The third-order valence-corrected chi connectivity index (χ3v) is 7.02. The maximum atomic E-state index is 3.62. The minimum absolute atomic E-state index is 1.15. The second-order valence-corrected chi connectivity index (χ2v) is 8.71. The minimum atomic E-state index is 1.15. The zero-order chi connectivity index (χ0) is 14.8. The number of hydrogen-bond donors (Lipinski definition) is 0. The quantitative estimate of drug-likeness (QED) is 0.313. The fourth-order valence-electron chi connectivity index (χ4n) is 3.18. The second-order valence-electron chi connectivity index (χ2n) is 5.66. The standard InChI is InChI=1S/C18H10BBrS2/c19-9-1-4-14-12(7-9)11-3-6-16-17(18(11)22-14)13-8-10(20)2-5-15(13)21-16/h1-8H,19H2. The van der Waals surface area contributed by atoms with E-state index in [-0.39, 0.29) is 0 Å². The van der Waals surface area contributed by atoms with Gasteiger partial charge in [-0.3, -0.25) is 0 Å². The Balaban J connectivity index is 2.08. The fourth-order valence-corrected chi connectivity index (χ4v) is 5.95. The second kappa shape index (κ2) is 4.57. The van der Waals surface area contributed by atoms with Crippen molar-refractivity contribution >= 4 is 92.3 Å². The van der Waals surface area contributed by atoms with Crippen LogP contribution in [0.3, 0.4) is 0 Å². The van der Waals surface area contributed by atoms with Crippen LogP contribution in [-0.2, 0) is 0 Å². The van der Waals surface area contributed by atoms with Crippen molar-refractivity contribution in [1.29, 1.82) is 0 Å². The van der Waals surface area contributed by atoms with E-state index in [4.69, 9.17) is 0 Å². The largest absolute Gasteiger partial charge is 0.139 e. The Bertz CT molecular complexity index is 1200. The van der Waals surface area contributed by atoms with Gasteiger partial charge in [0.1, 0.15) is 7.85 Å². The summed E-state index contributed by atoms with van der Waals surface area (Å²) in [5.74, 6) is 0. The minimum Gasteiger partial charge on any atom is -0.135 e. The Kier molecular flexibility index (Phi) is 2.73. The molecular weight excluding hydrogens is 371 g/mol. The van der Waals surface area contributed by atoms with Crippen LogP contribution in [0.4, 0.5) is 0 Å². The SMILES string of the molecule is Bc1ccc2sc3c(ccc4sc5ccc(Br)cc5c43)c2c1. The zero-order valence-electron chi connectivity index (χ0n) is 11.8. The lowest BCUT2D eigenvalue weighted by Crippen LogP contribution is -1.98. The molecule has 0 unspecified atom stereocenters. The van der Waals surface area contributed by atoms with E-state index in [9.17, 15) is 0 Å². The van der Waals surface area contributed by atoms with Crippen molar-refractivity contribution in [2.24, 2.45) is 0 Å². The summed E-state index contributed by atoms with van der Waals surface area (Å²) in [5.41, 5.74) is 1.32. The molecule has 2 aromatic heterocycles. The van der Waals surface area contributed by atoms with Gasteiger partial charge in [-0.1, -0.05) is 39.6 Å². The first-order chi connectivity index (χ1) is 10.7. The predicted molar refractivity (Wildman–Crippen MR) is 108 cm³/mol. The lowest BCUT2D eigenvalue weighted by Gasteiger charge is -1.96. The van der Waals surface area contributed by atoms with Crippen LogP contribution < -0.4 is 5.46 Å². The molecule has 0 nitrogen and oxygen atoms in total. The lowest BCUT2D eigenvalue weighted by atomic mass is 9.94. The predicted octanol–water partition coefficient (Wildman–Crippen LogP) is 5.44. The number of benzene rings is 3. The van der Waals surface area contributed by atoms with E-state index in [1.165, 1.54) is 45.8 Å². The molecule has 0 fully saturated rings. The highest BCUT2D eigenvalue weighted by Gasteiger charge is 2.13. The van der Waals surface area contributed by atoms with Gasteiger partial charge in [-0.25, -0.2) is 0 Å². The average Bonchev–Trinajstić information content (AvgIpc) is 3.04. The van der Waals surface area contributed by atoms with Gasteiger partial charge in [0.2, 0.25) is 0 Å².